The third-order valence-corrected chi connectivity index (χ3v) is 3.64. The minimum Gasteiger partial charge on any atom is -0.493 e. The molecule has 2 rings (SSSR count). The summed E-state index contributed by atoms with van der Waals surface area (Å²) in [5, 5.41) is 2.82. The summed E-state index contributed by atoms with van der Waals surface area (Å²) in [5.74, 6) is 1.83. The van der Waals surface area contributed by atoms with Crippen molar-refractivity contribution in [2.24, 2.45) is 5.92 Å². The number of ether oxygens (including phenoxy) is 2. The summed E-state index contributed by atoms with van der Waals surface area (Å²) >= 11 is 0. The molecule has 2 aromatic carbocycles. The van der Waals surface area contributed by atoms with E-state index < -0.39 is 0 Å². The van der Waals surface area contributed by atoms with Crippen LogP contribution in [0.1, 0.15) is 25.0 Å². The molecule has 0 heterocycles. The zero-order valence-corrected chi connectivity index (χ0v) is 14.8. The molecular formula is C20H25NO3. The Morgan fingerprint density at radius 2 is 1.75 bits per heavy atom. The maximum atomic E-state index is 12.0. The van der Waals surface area contributed by atoms with Crippen LogP contribution in [-0.2, 0) is 4.79 Å². The largest absolute Gasteiger partial charge is 0.493 e. The van der Waals surface area contributed by atoms with Crippen LogP contribution in [0.4, 0.5) is 5.69 Å². The lowest BCUT2D eigenvalue weighted by atomic mass is 10.1. The fourth-order valence-corrected chi connectivity index (χ4v) is 2.12. The zero-order valence-electron chi connectivity index (χ0n) is 14.8. The lowest BCUT2D eigenvalue weighted by molar-refractivity contribution is -0.118. The number of benzene rings is 2. The van der Waals surface area contributed by atoms with E-state index in [0.29, 0.717) is 12.5 Å². The van der Waals surface area contributed by atoms with Crippen molar-refractivity contribution >= 4 is 11.6 Å². The first-order valence-corrected chi connectivity index (χ1v) is 8.17. The van der Waals surface area contributed by atoms with Crippen molar-refractivity contribution in [2.45, 2.75) is 27.7 Å². The normalized spacial score (nSPS) is 10.5. The highest BCUT2D eigenvalue weighted by Crippen LogP contribution is 2.21. The molecule has 0 saturated heterocycles. The van der Waals surface area contributed by atoms with E-state index in [1.54, 1.807) is 0 Å². The molecule has 0 aromatic heterocycles. The summed E-state index contributed by atoms with van der Waals surface area (Å²) in [6.45, 7) is 8.87. The van der Waals surface area contributed by atoms with Gasteiger partial charge in [-0.15, -0.1) is 0 Å². The Kier molecular flexibility index (Phi) is 6.24. The molecule has 4 heteroatoms. The molecule has 1 N–H and O–H groups in total. The van der Waals surface area contributed by atoms with Crippen LogP contribution in [0.15, 0.2) is 42.5 Å². The Morgan fingerprint density at radius 1 is 1.04 bits per heavy atom. The van der Waals surface area contributed by atoms with E-state index in [-0.39, 0.29) is 12.5 Å². The van der Waals surface area contributed by atoms with Crippen molar-refractivity contribution in [2.75, 3.05) is 18.5 Å². The second-order valence-electron chi connectivity index (χ2n) is 6.26. The number of carbonyl (C=O) groups is 1. The average Bonchev–Trinajstić information content (AvgIpc) is 2.55. The smallest absolute Gasteiger partial charge is 0.262 e. The summed E-state index contributed by atoms with van der Waals surface area (Å²) in [4.78, 5) is 12.0. The van der Waals surface area contributed by atoms with E-state index in [9.17, 15) is 4.79 Å². The Labute approximate surface area is 143 Å². The van der Waals surface area contributed by atoms with Gasteiger partial charge in [-0.1, -0.05) is 26.0 Å². The molecule has 0 unspecified atom stereocenters. The van der Waals surface area contributed by atoms with E-state index in [1.165, 1.54) is 0 Å². The van der Waals surface area contributed by atoms with Crippen LogP contribution in [0.5, 0.6) is 11.5 Å². The number of nitrogens with one attached hydrogen (secondary N) is 1. The van der Waals surface area contributed by atoms with Crippen LogP contribution in [0.3, 0.4) is 0 Å². The lowest BCUT2D eigenvalue weighted by Gasteiger charge is -2.12. The maximum absolute atomic E-state index is 12.0. The Hall–Kier alpha value is -2.49. The third-order valence-electron chi connectivity index (χ3n) is 3.64. The predicted molar refractivity (Wildman–Crippen MR) is 96.8 cm³/mol. The van der Waals surface area contributed by atoms with Gasteiger partial charge in [-0.3, -0.25) is 4.79 Å². The van der Waals surface area contributed by atoms with Crippen molar-refractivity contribution < 1.29 is 14.3 Å². The van der Waals surface area contributed by atoms with Crippen molar-refractivity contribution in [1.29, 1.82) is 0 Å². The number of aryl methyl sites for hydroxylation is 1. The highest BCUT2D eigenvalue weighted by Gasteiger charge is 2.07. The molecule has 0 aliphatic heterocycles. The number of anilines is 1. The van der Waals surface area contributed by atoms with Gasteiger partial charge >= 0.3 is 0 Å². The van der Waals surface area contributed by atoms with Gasteiger partial charge in [-0.05, 0) is 61.2 Å². The third kappa shape index (κ3) is 5.30. The minimum atomic E-state index is -0.188. The molecule has 0 saturated carbocycles. The van der Waals surface area contributed by atoms with Crippen LogP contribution < -0.4 is 14.8 Å². The monoisotopic (exact) mass is 327 g/mol. The molecule has 0 radical (unpaired) electrons. The predicted octanol–water partition coefficient (Wildman–Crippen LogP) is 4.36. The van der Waals surface area contributed by atoms with Gasteiger partial charge in [0.05, 0.1) is 6.61 Å². The molecule has 1 amide bonds. The molecule has 4 nitrogen and oxygen atoms in total. The van der Waals surface area contributed by atoms with E-state index in [2.05, 4.69) is 19.2 Å². The second kappa shape index (κ2) is 8.39. The first kappa shape index (κ1) is 17.9. The first-order chi connectivity index (χ1) is 11.5. The molecule has 2 aromatic rings. The van der Waals surface area contributed by atoms with Crippen molar-refractivity contribution in [3.05, 3.63) is 53.6 Å². The molecule has 0 aliphatic rings. The van der Waals surface area contributed by atoms with Crippen LogP contribution in [-0.4, -0.2) is 19.1 Å². The van der Waals surface area contributed by atoms with Gasteiger partial charge in [0.25, 0.3) is 5.91 Å². The zero-order chi connectivity index (χ0) is 17.5. The van der Waals surface area contributed by atoms with Gasteiger partial charge in [0, 0.05) is 5.69 Å². The number of hydrogen-bond acceptors (Lipinski definition) is 3. The van der Waals surface area contributed by atoms with E-state index in [1.807, 2.05) is 56.3 Å². The van der Waals surface area contributed by atoms with Crippen LogP contribution in [0, 0.1) is 19.8 Å². The van der Waals surface area contributed by atoms with Gasteiger partial charge in [0.1, 0.15) is 11.5 Å². The fraction of sp³-hybridized carbons (Fsp3) is 0.350. The van der Waals surface area contributed by atoms with Crippen LogP contribution in [0.2, 0.25) is 0 Å². The van der Waals surface area contributed by atoms with Crippen molar-refractivity contribution in [3.8, 4) is 11.5 Å². The van der Waals surface area contributed by atoms with Crippen LogP contribution in [0.25, 0.3) is 0 Å². The summed E-state index contributed by atoms with van der Waals surface area (Å²) in [6.07, 6.45) is 0. The molecule has 0 atom stereocenters. The molecule has 0 fully saturated rings. The van der Waals surface area contributed by atoms with Crippen molar-refractivity contribution in [3.63, 3.8) is 0 Å². The standard InChI is InChI=1S/C20H25NO3/c1-14(2)12-23-18-10-8-17(9-11-18)21-20(22)13-24-19-7-5-6-15(3)16(19)4/h5-11,14H,12-13H2,1-4H3,(H,21,22). The van der Waals surface area contributed by atoms with Crippen LogP contribution >= 0.6 is 0 Å². The average molecular weight is 327 g/mol. The molecule has 0 bridgehead atoms. The van der Waals surface area contributed by atoms with Gasteiger partial charge in [0.2, 0.25) is 0 Å². The van der Waals surface area contributed by atoms with Gasteiger partial charge in [-0.2, -0.15) is 0 Å². The quantitative estimate of drug-likeness (QED) is 0.822. The maximum Gasteiger partial charge on any atom is 0.262 e. The Balaban J connectivity index is 1.85. The lowest BCUT2D eigenvalue weighted by Crippen LogP contribution is -2.20. The van der Waals surface area contributed by atoms with Gasteiger partial charge in [0.15, 0.2) is 6.61 Å². The molecule has 0 aliphatic carbocycles. The number of hydrogen-bond donors (Lipinski definition) is 1. The highest BCUT2D eigenvalue weighted by molar-refractivity contribution is 5.91. The van der Waals surface area contributed by atoms with Gasteiger partial charge < -0.3 is 14.8 Å². The van der Waals surface area contributed by atoms with E-state index in [4.69, 9.17) is 9.47 Å². The highest BCUT2D eigenvalue weighted by atomic mass is 16.5. The van der Waals surface area contributed by atoms with Gasteiger partial charge in [-0.25, -0.2) is 0 Å². The van der Waals surface area contributed by atoms with E-state index in [0.717, 1.165) is 28.3 Å². The number of rotatable bonds is 7. The minimum absolute atomic E-state index is 0.0180. The Morgan fingerprint density at radius 3 is 2.42 bits per heavy atom. The summed E-state index contributed by atoms with van der Waals surface area (Å²) < 4.78 is 11.2. The second-order valence-corrected chi connectivity index (χ2v) is 6.26. The molecule has 0 spiro atoms. The van der Waals surface area contributed by atoms with Crippen molar-refractivity contribution in [1.82, 2.24) is 0 Å². The summed E-state index contributed by atoms with van der Waals surface area (Å²) in [6, 6.07) is 13.2. The SMILES string of the molecule is Cc1cccc(OCC(=O)Nc2ccc(OCC(C)C)cc2)c1C. The molecular weight excluding hydrogens is 302 g/mol. The fourth-order valence-electron chi connectivity index (χ4n) is 2.12. The molecule has 24 heavy (non-hydrogen) atoms. The number of carbonyl (C=O) groups excluding carboxylic acids is 1. The summed E-state index contributed by atoms with van der Waals surface area (Å²) in [5.41, 5.74) is 2.92. The first-order valence-electron chi connectivity index (χ1n) is 8.17. The Bertz CT molecular complexity index is 678. The summed E-state index contributed by atoms with van der Waals surface area (Å²) in [7, 11) is 0. The van der Waals surface area contributed by atoms with E-state index >= 15 is 0 Å². The topological polar surface area (TPSA) is 47.6 Å². The number of amides is 1. The molecule has 128 valence electrons.